The van der Waals surface area contributed by atoms with Gasteiger partial charge in [0.2, 0.25) is 0 Å². The summed E-state index contributed by atoms with van der Waals surface area (Å²) in [5.41, 5.74) is 2.30. The number of urea groups is 1. The summed E-state index contributed by atoms with van der Waals surface area (Å²) in [5.74, 6) is -0.110. The predicted octanol–water partition coefficient (Wildman–Crippen LogP) is 3.91. The molecule has 0 radical (unpaired) electrons. The van der Waals surface area contributed by atoms with Crippen LogP contribution in [0, 0.1) is 6.92 Å². The fraction of sp³-hybridized carbons (Fsp3) is 0.278. The van der Waals surface area contributed by atoms with E-state index < -0.39 is 21.9 Å². The molecule has 2 saturated heterocycles. The zero-order valence-corrected chi connectivity index (χ0v) is 16.2. The topological polar surface area (TPSA) is 57.7 Å². The Labute approximate surface area is 162 Å². The summed E-state index contributed by atoms with van der Waals surface area (Å²) in [6.07, 6.45) is 0. The highest BCUT2D eigenvalue weighted by molar-refractivity contribution is 7.91. The van der Waals surface area contributed by atoms with Crippen LogP contribution < -0.4 is 9.80 Å². The van der Waals surface area contributed by atoms with Gasteiger partial charge < -0.3 is 0 Å². The van der Waals surface area contributed by atoms with Gasteiger partial charge in [0.25, 0.3) is 0 Å². The predicted molar refractivity (Wildman–Crippen MR) is 104 cm³/mol. The van der Waals surface area contributed by atoms with Gasteiger partial charge in [-0.3, -0.25) is 9.80 Å². The van der Waals surface area contributed by atoms with Crippen LogP contribution in [0.5, 0.6) is 0 Å². The van der Waals surface area contributed by atoms with Crippen molar-refractivity contribution >= 4 is 50.4 Å². The van der Waals surface area contributed by atoms with Gasteiger partial charge in [0.1, 0.15) is 0 Å². The lowest BCUT2D eigenvalue weighted by atomic mass is 10.1. The van der Waals surface area contributed by atoms with Crippen LogP contribution in [0.2, 0.25) is 10.0 Å². The third kappa shape index (κ3) is 2.86. The van der Waals surface area contributed by atoms with Gasteiger partial charge in [-0.05, 0) is 37.3 Å². The number of carbonyl (C=O) groups is 1. The Morgan fingerprint density at radius 1 is 0.885 bits per heavy atom. The molecule has 2 unspecified atom stereocenters. The van der Waals surface area contributed by atoms with Crippen LogP contribution in [0.3, 0.4) is 0 Å². The summed E-state index contributed by atoms with van der Waals surface area (Å²) in [6.45, 7) is 1.96. The molecule has 136 valence electrons. The second kappa shape index (κ2) is 6.15. The van der Waals surface area contributed by atoms with Crippen LogP contribution >= 0.6 is 23.2 Å². The van der Waals surface area contributed by atoms with Crippen LogP contribution in [0.15, 0.2) is 42.5 Å². The first-order valence-corrected chi connectivity index (χ1v) is 10.7. The van der Waals surface area contributed by atoms with E-state index in [1.165, 1.54) is 4.90 Å². The van der Waals surface area contributed by atoms with Crippen LogP contribution in [-0.4, -0.2) is 38.0 Å². The van der Waals surface area contributed by atoms with E-state index in [1.807, 2.05) is 31.2 Å². The van der Waals surface area contributed by atoms with E-state index >= 15 is 0 Å². The molecule has 2 aliphatic rings. The zero-order chi connectivity index (χ0) is 18.6. The molecule has 2 amide bonds. The van der Waals surface area contributed by atoms with Gasteiger partial charge in [0.15, 0.2) is 9.84 Å². The Bertz CT molecular complexity index is 992. The monoisotopic (exact) mass is 410 g/mol. The molecule has 8 heteroatoms. The quantitative estimate of drug-likeness (QED) is 0.704. The molecule has 5 nitrogen and oxygen atoms in total. The van der Waals surface area contributed by atoms with Crippen molar-refractivity contribution in [3.8, 4) is 0 Å². The standard InChI is InChI=1S/C18H16Cl2N2O3S/c1-11-2-4-12(5-3-11)21-16-9-26(24,25)10-17(16)22(18(21)23)13-6-7-14(19)15(20)8-13/h2-8,16-17H,9-10H2,1H3. The molecular weight excluding hydrogens is 395 g/mol. The number of fused-ring (bicyclic) bond motifs is 1. The average molecular weight is 411 g/mol. The van der Waals surface area contributed by atoms with Gasteiger partial charge >= 0.3 is 6.03 Å². The largest absolute Gasteiger partial charge is 0.329 e. The Morgan fingerprint density at radius 3 is 2.00 bits per heavy atom. The molecule has 2 fully saturated rings. The molecule has 2 atom stereocenters. The van der Waals surface area contributed by atoms with Gasteiger partial charge in [0, 0.05) is 11.4 Å². The molecule has 26 heavy (non-hydrogen) atoms. The molecule has 0 N–H and O–H groups in total. The van der Waals surface area contributed by atoms with Gasteiger partial charge in [0.05, 0.1) is 33.6 Å². The first-order chi connectivity index (χ1) is 12.3. The third-order valence-corrected chi connectivity index (χ3v) is 7.30. The number of aryl methyl sites for hydroxylation is 1. The van der Waals surface area contributed by atoms with Crippen molar-refractivity contribution in [3.63, 3.8) is 0 Å². The van der Waals surface area contributed by atoms with Crippen LogP contribution in [-0.2, 0) is 9.84 Å². The molecule has 0 aromatic heterocycles. The van der Waals surface area contributed by atoms with E-state index in [4.69, 9.17) is 23.2 Å². The van der Waals surface area contributed by atoms with Crippen molar-refractivity contribution in [2.75, 3.05) is 21.3 Å². The van der Waals surface area contributed by atoms with E-state index in [0.717, 1.165) is 5.56 Å². The molecule has 2 aromatic carbocycles. The second-order valence-corrected chi connectivity index (χ2v) is 9.64. The first kappa shape index (κ1) is 17.6. The summed E-state index contributed by atoms with van der Waals surface area (Å²) in [6, 6.07) is 11.3. The van der Waals surface area contributed by atoms with E-state index in [0.29, 0.717) is 21.4 Å². The number of carbonyl (C=O) groups excluding carboxylic acids is 1. The smallest absolute Gasteiger partial charge is 0.288 e. The highest BCUT2D eigenvalue weighted by Gasteiger charge is 2.54. The van der Waals surface area contributed by atoms with Crippen molar-refractivity contribution in [1.29, 1.82) is 0 Å². The van der Waals surface area contributed by atoms with Crippen LogP contribution in [0.4, 0.5) is 16.2 Å². The van der Waals surface area contributed by atoms with Gasteiger partial charge in [-0.15, -0.1) is 0 Å². The minimum absolute atomic E-state index is 0.0465. The van der Waals surface area contributed by atoms with Crippen molar-refractivity contribution in [3.05, 3.63) is 58.1 Å². The number of rotatable bonds is 2. The van der Waals surface area contributed by atoms with Gasteiger partial charge in [-0.1, -0.05) is 40.9 Å². The van der Waals surface area contributed by atoms with Crippen molar-refractivity contribution in [1.82, 2.24) is 0 Å². The molecule has 2 heterocycles. The minimum Gasteiger partial charge on any atom is -0.288 e. The lowest BCUT2D eigenvalue weighted by Gasteiger charge is -2.23. The number of sulfone groups is 1. The van der Waals surface area contributed by atoms with Gasteiger partial charge in [-0.25, -0.2) is 13.2 Å². The fourth-order valence-corrected chi connectivity index (χ4v) is 5.86. The number of amides is 2. The summed E-state index contributed by atoms with van der Waals surface area (Å²) >= 11 is 12.1. The van der Waals surface area contributed by atoms with E-state index in [9.17, 15) is 13.2 Å². The fourth-order valence-electron chi connectivity index (χ4n) is 3.65. The molecule has 0 saturated carbocycles. The molecule has 0 bridgehead atoms. The average Bonchev–Trinajstić information content (AvgIpc) is 3.00. The second-order valence-electron chi connectivity index (χ2n) is 6.67. The third-order valence-electron chi connectivity index (χ3n) is 4.86. The highest BCUT2D eigenvalue weighted by atomic mass is 35.5. The number of nitrogens with zero attached hydrogens (tertiary/aromatic N) is 2. The first-order valence-electron chi connectivity index (χ1n) is 8.11. The maximum Gasteiger partial charge on any atom is 0.329 e. The lowest BCUT2D eigenvalue weighted by Crippen LogP contribution is -2.37. The van der Waals surface area contributed by atoms with E-state index in [-0.39, 0.29) is 17.5 Å². The number of hydrogen-bond acceptors (Lipinski definition) is 3. The van der Waals surface area contributed by atoms with Crippen LogP contribution in [0.25, 0.3) is 0 Å². The zero-order valence-electron chi connectivity index (χ0n) is 13.9. The SMILES string of the molecule is Cc1ccc(N2C(=O)N(c3ccc(Cl)c(Cl)c3)C3CS(=O)(=O)CC32)cc1. The lowest BCUT2D eigenvalue weighted by molar-refractivity contribution is 0.255. The number of halogens is 2. The molecular formula is C18H16Cl2N2O3S. The van der Waals surface area contributed by atoms with E-state index in [1.54, 1.807) is 23.1 Å². The normalized spacial score (nSPS) is 24.2. The Balaban J connectivity index is 1.81. The Hall–Kier alpha value is -1.76. The molecule has 0 spiro atoms. The summed E-state index contributed by atoms with van der Waals surface area (Å²) in [5, 5.41) is 0.705. The molecule has 2 aromatic rings. The summed E-state index contributed by atoms with van der Waals surface area (Å²) in [7, 11) is -3.23. The number of anilines is 2. The maximum absolute atomic E-state index is 13.2. The Kier molecular flexibility index (Phi) is 4.17. The van der Waals surface area contributed by atoms with E-state index in [2.05, 4.69) is 0 Å². The van der Waals surface area contributed by atoms with Crippen molar-refractivity contribution in [2.24, 2.45) is 0 Å². The van der Waals surface area contributed by atoms with Crippen LogP contribution in [0.1, 0.15) is 5.56 Å². The summed E-state index contributed by atoms with van der Waals surface area (Å²) < 4.78 is 24.5. The molecule has 2 aliphatic heterocycles. The number of benzene rings is 2. The number of hydrogen-bond donors (Lipinski definition) is 0. The molecule has 4 rings (SSSR count). The highest BCUT2D eigenvalue weighted by Crippen LogP contribution is 2.39. The van der Waals surface area contributed by atoms with Gasteiger partial charge in [-0.2, -0.15) is 0 Å². The minimum atomic E-state index is -3.23. The Morgan fingerprint density at radius 2 is 1.42 bits per heavy atom. The summed E-state index contributed by atoms with van der Waals surface area (Å²) in [4.78, 5) is 16.3. The maximum atomic E-state index is 13.2. The van der Waals surface area contributed by atoms with Crippen molar-refractivity contribution in [2.45, 2.75) is 19.0 Å². The van der Waals surface area contributed by atoms with Crippen molar-refractivity contribution < 1.29 is 13.2 Å². The molecule has 0 aliphatic carbocycles.